The van der Waals surface area contributed by atoms with Gasteiger partial charge in [0.1, 0.15) is 24.4 Å². The van der Waals surface area contributed by atoms with Gasteiger partial charge in [-0.2, -0.15) is 0 Å². The van der Waals surface area contributed by atoms with Crippen molar-refractivity contribution in [2.45, 2.75) is 249 Å². The van der Waals surface area contributed by atoms with Crippen LogP contribution in [0.15, 0.2) is 12.2 Å². The highest BCUT2D eigenvalue weighted by molar-refractivity contribution is 5.76. The molecule has 9 nitrogen and oxygen atoms in total. The molecule has 0 bridgehead atoms. The van der Waals surface area contributed by atoms with E-state index in [1.165, 1.54) is 128 Å². The number of rotatable bonds is 37. The van der Waals surface area contributed by atoms with E-state index in [1.807, 2.05) is 0 Å². The fraction of sp³-hybridized carbons (Fsp3) is 0.932. The zero-order valence-electron chi connectivity index (χ0n) is 34.3. The molecule has 0 aliphatic carbocycles. The molecule has 53 heavy (non-hydrogen) atoms. The molecule has 0 aromatic carbocycles. The van der Waals surface area contributed by atoms with Crippen LogP contribution in [0.1, 0.15) is 206 Å². The molecule has 0 radical (unpaired) electrons. The molecular formula is C44H85NO8. The van der Waals surface area contributed by atoms with E-state index in [9.17, 15) is 30.3 Å². The summed E-state index contributed by atoms with van der Waals surface area (Å²) in [5.41, 5.74) is 0. The van der Waals surface area contributed by atoms with E-state index in [4.69, 9.17) is 9.47 Å². The molecule has 6 N–H and O–H groups in total. The monoisotopic (exact) mass is 756 g/mol. The largest absolute Gasteiger partial charge is 0.394 e. The van der Waals surface area contributed by atoms with E-state index < -0.39 is 49.5 Å². The molecule has 1 aliphatic rings. The van der Waals surface area contributed by atoms with Crippen LogP contribution in [-0.4, -0.2) is 87.5 Å². The normalized spacial score (nSPS) is 21.7. The number of carbonyl (C=O) groups excluding carboxylic acids is 1. The van der Waals surface area contributed by atoms with E-state index in [1.54, 1.807) is 0 Å². The molecule has 7 unspecified atom stereocenters. The van der Waals surface area contributed by atoms with Crippen LogP contribution in [0.2, 0.25) is 0 Å². The highest BCUT2D eigenvalue weighted by atomic mass is 16.7. The second-order valence-corrected chi connectivity index (χ2v) is 15.8. The molecule has 1 amide bonds. The van der Waals surface area contributed by atoms with Gasteiger partial charge in [-0.05, 0) is 38.5 Å². The highest BCUT2D eigenvalue weighted by Gasteiger charge is 2.44. The maximum Gasteiger partial charge on any atom is 0.220 e. The number of aliphatic hydroxyl groups excluding tert-OH is 5. The van der Waals surface area contributed by atoms with Gasteiger partial charge in [-0.25, -0.2) is 0 Å². The summed E-state index contributed by atoms with van der Waals surface area (Å²) in [4.78, 5) is 12.9. The first-order valence-corrected chi connectivity index (χ1v) is 22.4. The molecule has 0 aromatic heterocycles. The number of allylic oxidation sites excluding steroid dienone is 2. The van der Waals surface area contributed by atoms with Crippen LogP contribution < -0.4 is 5.32 Å². The number of carbonyl (C=O) groups is 1. The summed E-state index contributed by atoms with van der Waals surface area (Å²) in [5, 5.41) is 54.3. The summed E-state index contributed by atoms with van der Waals surface area (Å²) in [6, 6.07) is -0.721. The summed E-state index contributed by atoms with van der Waals surface area (Å²) >= 11 is 0. The van der Waals surface area contributed by atoms with Gasteiger partial charge in [0.2, 0.25) is 5.91 Å². The maximum atomic E-state index is 12.9. The SMILES string of the molecule is CCCCCCCC/C=C\CCCCCC(=O)NC(COC1OC(CO)C(O)C(O)C1O)C(O)CCCCCCCCCCCCCCCCCCC. The van der Waals surface area contributed by atoms with E-state index in [2.05, 4.69) is 31.3 Å². The number of nitrogens with one attached hydrogen (secondary N) is 1. The van der Waals surface area contributed by atoms with Gasteiger partial charge in [-0.1, -0.05) is 174 Å². The molecular weight excluding hydrogens is 670 g/mol. The number of aliphatic hydroxyl groups is 5. The van der Waals surface area contributed by atoms with E-state index in [-0.39, 0.29) is 12.5 Å². The van der Waals surface area contributed by atoms with Crippen molar-refractivity contribution < 1.29 is 39.8 Å². The quantitative estimate of drug-likeness (QED) is 0.0272. The summed E-state index contributed by atoms with van der Waals surface area (Å²) < 4.78 is 11.2. The number of ether oxygens (including phenoxy) is 2. The van der Waals surface area contributed by atoms with Gasteiger partial charge in [0.25, 0.3) is 0 Å². The zero-order chi connectivity index (χ0) is 38.8. The molecule has 0 saturated carbocycles. The van der Waals surface area contributed by atoms with Crippen molar-refractivity contribution in [1.82, 2.24) is 5.32 Å². The van der Waals surface area contributed by atoms with Crippen molar-refractivity contribution in [1.29, 1.82) is 0 Å². The van der Waals surface area contributed by atoms with E-state index >= 15 is 0 Å². The summed E-state index contributed by atoms with van der Waals surface area (Å²) in [6.07, 6.45) is 32.1. The van der Waals surface area contributed by atoms with Crippen molar-refractivity contribution in [2.75, 3.05) is 13.2 Å². The Morgan fingerprint density at radius 1 is 0.623 bits per heavy atom. The third-order valence-electron chi connectivity index (χ3n) is 10.9. The van der Waals surface area contributed by atoms with Crippen LogP contribution in [-0.2, 0) is 14.3 Å². The Bertz CT molecular complexity index is 842. The summed E-state index contributed by atoms with van der Waals surface area (Å²) in [7, 11) is 0. The van der Waals surface area contributed by atoms with Gasteiger partial charge >= 0.3 is 0 Å². The highest BCUT2D eigenvalue weighted by Crippen LogP contribution is 2.23. The second-order valence-electron chi connectivity index (χ2n) is 15.8. The lowest BCUT2D eigenvalue weighted by Crippen LogP contribution is -2.60. The first-order valence-electron chi connectivity index (χ1n) is 22.4. The van der Waals surface area contributed by atoms with Crippen LogP contribution in [0.3, 0.4) is 0 Å². The van der Waals surface area contributed by atoms with Gasteiger partial charge in [0.15, 0.2) is 6.29 Å². The molecule has 7 atom stereocenters. The molecule has 1 saturated heterocycles. The van der Waals surface area contributed by atoms with Gasteiger partial charge < -0.3 is 40.3 Å². The van der Waals surface area contributed by atoms with Crippen molar-refractivity contribution >= 4 is 5.91 Å². The van der Waals surface area contributed by atoms with Crippen LogP contribution in [0, 0.1) is 0 Å². The topological polar surface area (TPSA) is 149 Å². The third kappa shape index (κ3) is 26.4. The predicted molar refractivity (Wildman–Crippen MR) is 217 cm³/mol. The molecule has 1 fully saturated rings. The van der Waals surface area contributed by atoms with E-state index in [0.717, 1.165) is 51.4 Å². The Morgan fingerprint density at radius 2 is 1.06 bits per heavy atom. The zero-order valence-corrected chi connectivity index (χ0v) is 34.3. The summed E-state index contributed by atoms with van der Waals surface area (Å²) in [5.74, 6) is -0.160. The third-order valence-corrected chi connectivity index (χ3v) is 10.9. The molecule has 1 aliphatic heterocycles. The fourth-order valence-corrected chi connectivity index (χ4v) is 7.21. The Kier molecular flexibility index (Phi) is 33.3. The molecule has 1 heterocycles. The number of hydrogen-bond donors (Lipinski definition) is 6. The minimum Gasteiger partial charge on any atom is -0.394 e. The van der Waals surface area contributed by atoms with Crippen molar-refractivity contribution in [2.24, 2.45) is 0 Å². The van der Waals surface area contributed by atoms with Gasteiger partial charge in [0.05, 0.1) is 25.4 Å². The van der Waals surface area contributed by atoms with Crippen LogP contribution in [0.5, 0.6) is 0 Å². The number of amides is 1. The Morgan fingerprint density at radius 3 is 1.53 bits per heavy atom. The predicted octanol–water partition coefficient (Wildman–Crippen LogP) is 8.95. The molecule has 9 heteroatoms. The van der Waals surface area contributed by atoms with E-state index in [0.29, 0.717) is 12.8 Å². The Labute approximate surface area is 325 Å². The molecule has 0 spiro atoms. The first kappa shape index (κ1) is 49.9. The number of unbranched alkanes of at least 4 members (excludes halogenated alkanes) is 25. The molecule has 314 valence electrons. The molecule has 1 rings (SSSR count). The molecule has 0 aromatic rings. The lowest BCUT2D eigenvalue weighted by Gasteiger charge is -2.40. The van der Waals surface area contributed by atoms with Crippen molar-refractivity contribution in [3.8, 4) is 0 Å². The van der Waals surface area contributed by atoms with Crippen LogP contribution in [0.25, 0.3) is 0 Å². The lowest BCUT2D eigenvalue weighted by atomic mass is 9.99. The van der Waals surface area contributed by atoms with Crippen molar-refractivity contribution in [3.05, 3.63) is 12.2 Å². The Hall–Kier alpha value is -1.07. The minimum atomic E-state index is -1.55. The average molecular weight is 756 g/mol. The second kappa shape index (κ2) is 35.4. The average Bonchev–Trinajstić information content (AvgIpc) is 3.16. The van der Waals surface area contributed by atoms with Gasteiger partial charge in [0, 0.05) is 6.42 Å². The van der Waals surface area contributed by atoms with Crippen molar-refractivity contribution in [3.63, 3.8) is 0 Å². The van der Waals surface area contributed by atoms with Crippen LogP contribution in [0.4, 0.5) is 0 Å². The van der Waals surface area contributed by atoms with Gasteiger partial charge in [-0.15, -0.1) is 0 Å². The first-order chi connectivity index (χ1) is 25.8. The number of hydrogen-bond acceptors (Lipinski definition) is 8. The fourth-order valence-electron chi connectivity index (χ4n) is 7.21. The summed E-state index contributed by atoms with van der Waals surface area (Å²) in [6.45, 7) is 3.82. The van der Waals surface area contributed by atoms with Gasteiger partial charge in [-0.3, -0.25) is 4.79 Å². The lowest BCUT2D eigenvalue weighted by molar-refractivity contribution is -0.302. The standard InChI is InChI=1S/C44H85NO8/c1-3-5-7-9-11-13-15-17-18-19-20-22-23-25-27-29-31-33-38(47)37(36-52-44-43(51)42(50)41(49)39(35-46)53-44)45-40(48)34-32-30-28-26-24-21-16-14-12-10-8-6-4-2/h21,24,37-39,41-44,46-47,49-51H,3-20,22-23,25-36H2,1-2H3,(H,45,48)/b24-21-. The Balaban J connectivity index is 2.35. The van der Waals surface area contributed by atoms with Crippen LogP contribution >= 0.6 is 0 Å². The smallest absolute Gasteiger partial charge is 0.220 e. The minimum absolute atomic E-state index is 0.141. The maximum absolute atomic E-state index is 12.9.